The van der Waals surface area contributed by atoms with Gasteiger partial charge in [0.25, 0.3) is 0 Å². The Morgan fingerprint density at radius 3 is 2.45 bits per heavy atom. The van der Waals surface area contributed by atoms with Gasteiger partial charge in [-0.25, -0.2) is 0 Å². The summed E-state index contributed by atoms with van der Waals surface area (Å²) in [6, 6.07) is 15.2. The molecule has 3 fully saturated rings. The molecule has 3 aliphatic rings. The largest absolute Gasteiger partial charge is 0.303 e. The minimum atomic E-state index is 0.591. The predicted molar refractivity (Wildman–Crippen MR) is 88.3 cm³/mol. The number of rotatable bonds is 2. The van der Waals surface area contributed by atoms with Gasteiger partial charge in [0.05, 0.1) is 0 Å². The van der Waals surface area contributed by atoms with E-state index in [1.54, 1.807) is 0 Å². The van der Waals surface area contributed by atoms with Gasteiger partial charge in [0, 0.05) is 17.3 Å². The molecule has 2 aromatic rings. The third-order valence-corrected chi connectivity index (χ3v) is 5.57. The van der Waals surface area contributed by atoms with E-state index in [1.165, 1.54) is 53.7 Å². The fourth-order valence-corrected chi connectivity index (χ4v) is 4.21. The summed E-state index contributed by atoms with van der Waals surface area (Å²) in [7, 11) is 0. The number of hydrogen-bond donors (Lipinski definition) is 0. The Hall–Kier alpha value is -1.25. The van der Waals surface area contributed by atoms with E-state index in [0.29, 0.717) is 5.92 Å². The van der Waals surface area contributed by atoms with Gasteiger partial charge in [-0.3, -0.25) is 0 Å². The molecule has 0 aromatic heterocycles. The summed E-state index contributed by atoms with van der Waals surface area (Å²) in [4.78, 5) is 3.77. The topological polar surface area (TPSA) is 3.24 Å². The standard InChI is InChI=1S/C18H19NS/c20-18(17-12-19-9-7-14(17)8-10-19)16-6-5-13-3-1-2-4-15(13)11-16/h1-6,11,14,17H,7-10,12H2. The van der Waals surface area contributed by atoms with E-state index >= 15 is 0 Å². The molecule has 0 aliphatic carbocycles. The minimum absolute atomic E-state index is 0.591. The van der Waals surface area contributed by atoms with Crippen molar-refractivity contribution < 1.29 is 0 Å². The molecule has 3 saturated heterocycles. The molecule has 1 unspecified atom stereocenters. The lowest BCUT2D eigenvalue weighted by Crippen LogP contribution is -2.49. The Kier molecular flexibility index (Phi) is 3.08. The molecule has 2 bridgehead atoms. The molecule has 0 N–H and O–H groups in total. The highest BCUT2D eigenvalue weighted by molar-refractivity contribution is 7.80. The SMILES string of the molecule is S=C(c1ccc2ccccc2c1)C1CN2CCC1CC2. The van der Waals surface area contributed by atoms with E-state index in [1.807, 2.05) is 0 Å². The Balaban J connectivity index is 1.66. The molecule has 20 heavy (non-hydrogen) atoms. The summed E-state index contributed by atoms with van der Waals surface area (Å²) in [5.74, 6) is 1.41. The van der Waals surface area contributed by atoms with E-state index in [2.05, 4.69) is 47.4 Å². The third-order valence-electron chi connectivity index (χ3n) is 5.03. The van der Waals surface area contributed by atoms with Crippen LogP contribution in [-0.4, -0.2) is 29.4 Å². The molecule has 2 aromatic carbocycles. The van der Waals surface area contributed by atoms with E-state index in [9.17, 15) is 0 Å². The smallest absolute Gasteiger partial charge is 0.0271 e. The Labute approximate surface area is 125 Å². The monoisotopic (exact) mass is 281 g/mol. The van der Waals surface area contributed by atoms with Crippen LogP contribution < -0.4 is 0 Å². The van der Waals surface area contributed by atoms with Crippen molar-refractivity contribution in [3.05, 3.63) is 48.0 Å². The van der Waals surface area contributed by atoms with Crippen molar-refractivity contribution >= 4 is 27.9 Å². The summed E-state index contributed by atoms with van der Waals surface area (Å²) in [5.41, 5.74) is 1.26. The van der Waals surface area contributed by atoms with Gasteiger partial charge < -0.3 is 4.90 Å². The number of thiocarbonyl (C=S) groups is 1. The van der Waals surface area contributed by atoms with Crippen molar-refractivity contribution in [2.45, 2.75) is 12.8 Å². The second-order valence-electron chi connectivity index (χ2n) is 6.17. The first-order valence-corrected chi connectivity index (χ1v) is 7.97. The highest BCUT2D eigenvalue weighted by atomic mass is 32.1. The van der Waals surface area contributed by atoms with Crippen molar-refractivity contribution in [1.29, 1.82) is 0 Å². The molecule has 102 valence electrons. The predicted octanol–water partition coefficient (Wildman–Crippen LogP) is 3.90. The van der Waals surface area contributed by atoms with Gasteiger partial charge in [-0.2, -0.15) is 0 Å². The quantitative estimate of drug-likeness (QED) is 0.607. The summed E-state index contributed by atoms with van der Waals surface area (Å²) in [6.07, 6.45) is 2.66. The van der Waals surface area contributed by atoms with Gasteiger partial charge in [-0.15, -0.1) is 0 Å². The highest BCUT2D eigenvalue weighted by Gasteiger charge is 2.36. The van der Waals surface area contributed by atoms with Crippen LogP contribution in [0, 0.1) is 11.8 Å². The summed E-state index contributed by atoms with van der Waals surface area (Å²) >= 11 is 5.84. The van der Waals surface area contributed by atoms with E-state index in [-0.39, 0.29) is 0 Å². The van der Waals surface area contributed by atoms with Crippen LogP contribution in [-0.2, 0) is 0 Å². The number of piperidine rings is 3. The molecule has 3 heterocycles. The van der Waals surface area contributed by atoms with Crippen LogP contribution in [0.2, 0.25) is 0 Å². The molecule has 1 nitrogen and oxygen atoms in total. The maximum absolute atomic E-state index is 5.84. The molecule has 0 radical (unpaired) electrons. The molecular weight excluding hydrogens is 262 g/mol. The van der Waals surface area contributed by atoms with E-state index < -0.39 is 0 Å². The molecule has 3 aliphatic heterocycles. The lowest BCUT2D eigenvalue weighted by Gasteiger charge is -2.45. The molecular formula is C18H19NS. The first kappa shape index (κ1) is 12.5. The Bertz CT molecular complexity index is 655. The number of nitrogens with zero attached hydrogens (tertiary/aromatic N) is 1. The number of fused-ring (bicyclic) bond motifs is 4. The van der Waals surface area contributed by atoms with Crippen molar-refractivity contribution in [3.8, 4) is 0 Å². The molecule has 0 spiro atoms. The lowest BCUT2D eigenvalue weighted by molar-refractivity contribution is 0.0833. The first-order valence-electron chi connectivity index (χ1n) is 7.56. The fraction of sp³-hybridized carbons (Fsp3) is 0.389. The molecule has 1 atom stereocenters. The van der Waals surface area contributed by atoms with Crippen molar-refractivity contribution in [3.63, 3.8) is 0 Å². The van der Waals surface area contributed by atoms with Gasteiger partial charge in [0.15, 0.2) is 0 Å². The van der Waals surface area contributed by atoms with Crippen LogP contribution >= 0.6 is 12.2 Å². The highest BCUT2D eigenvalue weighted by Crippen LogP contribution is 2.35. The van der Waals surface area contributed by atoms with Crippen LogP contribution in [0.1, 0.15) is 18.4 Å². The number of benzene rings is 2. The Morgan fingerprint density at radius 2 is 1.75 bits per heavy atom. The number of hydrogen-bond acceptors (Lipinski definition) is 2. The second-order valence-corrected chi connectivity index (χ2v) is 6.61. The van der Waals surface area contributed by atoms with E-state index in [0.717, 1.165) is 5.92 Å². The van der Waals surface area contributed by atoms with Gasteiger partial charge in [0.1, 0.15) is 0 Å². The van der Waals surface area contributed by atoms with Crippen LogP contribution in [0.4, 0.5) is 0 Å². The maximum atomic E-state index is 5.84. The summed E-state index contributed by atoms with van der Waals surface area (Å²) in [6.45, 7) is 3.74. The van der Waals surface area contributed by atoms with Crippen LogP contribution in [0.25, 0.3) is 10.8 Å². The zero-order chi connectivity index (χ0) is 13.5. The zero-order valence-electron chi connectivity index (χ0n) is 11.6. The molecule has 2 heteroatoms. The minimum Gasteiger partial charge on any atom is -0.303 e. The van der Waals surface area contributed by atoms with Crippen molar-refractivity contribution in [2.24, 2.45) is 11.8 Å². The van der Waals surface area contributed by atoms with Gasteiger partial charge in [-0.1, -0.05) is 48.6 Å². The fourth-order valence-electron chi connectivity index (χ4n) is 3.82. The van der Waals surface area contributed by atoms with Crippen LogP contribution in [0.5, 0.6) is 0 Å². The molecule has 0 amide bonds. The third kappa shape index (κ3) is 2.07. The molecule has 5 rings (SSSR count). The zero-order valence-corrected chi connectivity index (χ0v) is 12.4. The average Bonchev–Trinajstić information content (AvgIpc) is 2.54. The van der Waals surface area contributed by atoms with Gasteiger partial charge in [-0.05, 0) is 54.3 Å². The average molecular weight is 281 g/mol. The maximum Gasteiger partial charge on any atom is 0.0271 e. The first-order chi connectivity index (χ1) is 9.81. The lowest BCUT2D eigenvalue weighted by atomic mass is 9.76. The van der Waals surface area contributed by atoms with Gasteiger partial charge >= 0.3 is 0 Å². The Morgan fingerprint density at radius 1 is 1.00 bits per heavy atom. The second kappa shape index (κ2) is 4.94. The van der Waals surface area contributed by atoms with E-state index in [4.69, 9.17) is 12.2 Å². The van der Waals surface area contributed by atoms with Crippen molar-refractivity contribution in [1.82, 2.24) is 4.90 Å². The normalized spacial score (nSPS) is 28.7. The van der Waals surface area contributed by atoms with Gasteiger partial charge in [0.2, 0.25) is 0 Å². The van der Waals surface area contributed by atoms with Crippen LogP contribution in [0.3, 0.4) is 0 Å². The summed E-state index contributed by atoms with van der Waals surface area (Å²) < 4.78 is 0. The summed E-state index contributed by atoms with van der Waals surface area (Å²) in [5, 5.41) is 2.60. The molecule has 0 saturated carbocycles. The van der Waals surface area contributed by atoms with Crippen LogP contribution in [0.15, 0.2) is 42.5 Å². The van der Waals surface area contributed by atoms with Crippen molar-refractivity contribution in [2.75, 3.05) is 19.6 Å².